The maximum atomic E-state index is 11.7. The number of aliphatic carboxylic acids is 1. The average molecular weight is 273 g/mol. The molecule has 1 rings (SSSR count). The lowest BCUT2D eigenvalue weighted by molar-refractivity contribution is -0.148. The molecule has 0 aromatic carbocycles. The molecule has 0 spiro atoms. The van der Waals surface area contributed by atoms with Crippen LogP contribution in [0.15, 0.2) is 0 Å². The van der Waals surface area contributed by atoms with Gasteiger partial charge in [0.1, 0.15) is 11.6 Å². The molecule has 3 amide bonds. The van der Waals surface area contributed by atoms with Gasteiger partial charge in [-0.25, -0.2) is 9.59 Å². The van der Waals surface area contributed by atoms with Crippen LogP contribution in [0.3, 0.4) is 0 Å². The van der Waals surface area contributed by atoms with Crippen LogP contribution in [0.1, 0.15) is 19.8 Å². The molecule has 108 valence electrons. The molecule has 1 saturated heterocycles. The van der Waals surface area contributed by atoms with Gasteiger partial charge < -0.3 is 25.8 Å². The first kappa shape index (κ1) is 15.2. The van der Waals surface area contributed by atoms with Crippen molar-refractivity contribution in [3.05, 3.63) is 0 Å². The molecule has 0 saturated carbocycles. The van der Waals surface area contributed by atoms with Crippen LogP contribution in [0.25, 0.3) is 0 Å². The Morgan fingerprint density at radius 1 is 1.26 bits per heavy atom. The van der Waals surface area contributed by atoms with Crippen molar-refractivity contribution in [1.29, 1.82) is 0 Å². The molecular formula is C11H19N3O5. The zero-order chi connectivity index (χ0) is 14.5. The second-order valence-corrected chi connectivity index (χ2v) is 4.43. The number of carboxylic acids is 1. The van der Waals surface area contributed by atoms with Gasteiger partial charge in [-0.3, -0.25) is 4.79 Å². The van der Waals surface area contributed by atoms with Crippen molar-refractivity contribution in [3.8, 4) is 0 Å². The molecule has 1 atom stereocenters. The van der Waals surface area contributed by atoms with E-state index in [1.165, 1.54) is 14.0 Å². The molecule has 0 aromatic heterocycles. The molecule has 8 heteroatoms. The highest BCUT2D eigenvalue weighted by molar-refractivity contribution is 5.90. The summed E-state index contributed by atoms with van der Waals surface area (Å²) in [6.07, 6.45) is 0.397. The molecule has 1 unspecified atom stereocenters. The lowest BCUT2D eigenvalue weighted by Crippen LogP contribution is -2.61. The maximum Gasteiger partial charge on any atom is 0.329 e. The molecule has 0 radical (unpaired) electrons. The van der Waals surface area contributed by atoms with Gasteiger partial charge in [-0.05, 0) is 6.92 Å². The number of amides is 3. The van der Waals surface area contributed by atoms with Gasteiger partial charge >= 0.3 is 12.0 Å². The number of carbonyl (C=O) groups is 3. The second-order valence-electron chi connectivity index (χ2n) is 4.43. The van der Waals surface area contributed by atoms with Crippen molar-refractivity contribution in [2.75, 3.05) is 20.3 Å². The Hall–Kier alpha value is -1.83. The van der Waals surface area contributed by atoms with E-state index in [1.807, 2.05) is 0 Å². The maximum absolute atomic E-state index is 11.7. The summed E-state index contributed by atoms with van der Waals surface area (Å²) in [4.78, 5) is 34.3. The lowest BCUT2D eigenvalue weighted by atomic mass is 9.90. The highest BCUT2D eigenvalue weighted by atomic mass is 16.5. The fourth-order valence-corrected chi connectivity index (χ4v) is 1.84. The van der Waals surface area contributed by atoms with Gasteiger partial charge in [-0.1, -0.05) is 0 Å². The largest absolute Gasteiger partial charge is 0.480 e. The van der Waals surface area contributed by atoms with Gasteiger partial charge in [0.25, 0.3) is 0 Å². The van der Waals surface area contributed by atoms with Crippen LogP contribution in [0.5, 0.6) is 0 Å². The molecule has 4 N–H and O–H groups in total. The molecule has 8 nitrogen and oxygen atoms in total. The smallest absolute Gasteiger partial charge is 0.329 e. The molecule has 1 aliphatic rings. The third kappa shape index (κ3) is 3.82. The number of carboxylic acid groups (broad SMARTS) is 1. The number of rotatable bonds is 4. The third-order valence-corrected chi connectivity index (χ3v) is 3.10. The molecule has 1 heterocycles. The summed E-state index contributed by atoms with van der Waals surface area (Å²) in [5, 5.41) is 16.5. The summed E-state index contributed by atoms with van der Waals surface area (Å²) in [5.41, 5.74) is -1.33. The molecular weight excluding hydrogens is 254 g/mol. The summed E-state index contributed by atoms with van der Waals surface area (Å²) in [5.74, 6) is -1.45. The van der Waals surface area contributed by atoms with Crippen molar-refractivity contribution < 1.29 is 24.2 Å². The zero-order valence-corrected chi connectivity index (χ0v) is 11.0. The van der Waals surface area contributed by atoms with Crippen molar-refractivity contribution in [2.24, 2.45) is 0 Å². The minimum atomic E-state index is -1.33. The van der Waals surface area contributed by atoms with Crippen LogP contribution in [0.4, 0.5) is 4.79 Å². The van der Waals surface area contributed by atoms with Crippen molar-refractivity contribution >= 4 is 17.9 Å². The molecule has 1 aliphatic heterocycles. The summed E-state index contributed by atoms with van der Waals surface area (Å²) in [6, 6.07) is -1.42. The first-order valence-corrected chi connectivity index (χ1v) is 6.03. The number of nitrogens with one attached hydrogen (secondary N) is 3. The molecule has 0 aliphatic carbocycles. The highest BCUT2D eigenvalue weighted by Crippen LogP contribution is 2.20. The fourth-order valence-electron chi connectivity index (χ4n) is 1.84. The quantitative estimate of drug-likeness (QED) is 0.527. The van der Waals surface area contributed by atoms with Crippen molar-refractivity contribution in [3.63, 3.8) is 0 Å². The van der Waals surface area contributed by atoms with Crippen molar-refractivity contribution in [1.82, 2.24) is 16.0 Å². The molecule has 19 heavy (non-hydrogen) atoms. The Kier molecular flexibility index (Phi) is 5.11. The Balaban J connectivity index is 2.62. The Labute approximate surface area is 110 Å². The number of likely N-dealkylation sites (N-methyl/N-ethyl adjacent to an activating group) is 1. The van der Waals surface area contributed by atoms with Crippen LogP contribution in [-0.2, 0) is 14.3 Å². The average Bonchev–Trinajstić information content (AvgIpc) is 2.38. The van der Waals surface area contributed by atoms with E-state index in [-0.39, 0.29) is 32.0 Å². The lowest BCUT2D eigenvalue weighted by Gasteiger charge is -2.34. The Bertz CT molecular complexity index is 365. The van der Waals surface area contributed by atoms with Crippen molar-refractivity contribution in [2.45, 2.75) is 31.3 Å². The van der Waals surface area contributed by atoms with Gasteiger partial charge in [0.05, 0.1) is 0 Å². The fraction of sp³-hybridized carbons (Fsp3) is 0.727. The number of carbonyl (C=O) groups excluding carboxylic acids is 2. The zero-order valence-electron chi connectivity index (χ0n) is 11.0. The van der Waals surface area contributed by atoms with E-state index in [4.69, 9.17) is 4.74 Å². The standard InChI is InChI=1S/C11H19N3O5/c1-7(8(15)12-2)13-10(18)14-11(9(16)17)3-5-19-6-4-11/h7H,3-6H2,1-2H3,(H,12,15)(H,16,17)(H2,13,14,18). The first-order valence-electron chi connectivity index (χ1n) is 6.03. The number of hydrogen-bond acceptors (Lipinski definition) is 4. The predicted octanol–water partition coefficient (Wildman–Crippen LogP) is -0.946. The van der Waals surface area contributed by atoms with E-state index in [2.05, 4.69) is 16.0 Å². The number of urea groups is 1. The van der Waals surface area contributed by atoms with Crippen LogP contribution >= 0.6 is 0 Å². The van der Waals surface area contributed by atoms with Gasteiger partial charge in [0, 0.05) is 33.1 Å². The summed E-state index contributed by atoms with van der Waals surface area (Å²) in [7, 11) is 1.45. The third-order valence-electron chi connectivity index (χ3n) is 3.10. The molecule has 0 aromatic rings. The van der Waals surface area contributed by atoms with E-state index >= 15 is 0 Å². The molecule has 1 fully saturated rings. The van der Waals surface area contributed by atoms with Crippen LogP contribution in [0.2, 0.25) is 0 Å². The predicted molar refractivity (Wildman–Crippen MR) is 65.6 cm³/mol. The molecule has 0 bridgehead atoms. The highest BCUT2D eigenvalue weighted by Gasteiger charge is 2.41. The summed E-state index contributed by atoms with van der Waals surface area (Å²) in [6.45, 7) is 2.06. The minimum Gasteiger partial charge on any atom is -0.480 e. The SMILES string of the molecule is CNC(=O)C(C)NC(=O)NC1(C(=O)O)CCOCC1. The Morgan fingerprint density at radius 3 is 2.32 bits per heavy atom. The number of ether oxygens (including phenoxy) is 1. The van der Waals surface area contributed by atoms with Crippen LogP contribution < -0.4 is 16.0 Å². The van der Waals surface area contributed by atoms with E-state index in [0.29, 0.717) is 0 Å². The monoisotopic (exact) mass is 273 g/mol. The number of hydrogen-bond donors (Lipinski definition) is 4. The van der Waals surface area contributed by atoms with Crippen LogP contribution in [0, 0.1) is 0 Å². The van der Waals surface area contributed by atoms with Gasteiger partial charge in [0.2, 0.25) is 5.91 Å². The first-order chi connectivity index (χ1) is 8.91. The van der Waals surface area contributed by atoms with Gasteiger partial charge in [0.15, 0.2) is 0 Å². The summed E-state index contributed by atoms with van der Waals surface area (Å²) < 4.78 is 5.09. The second kappa shape index (κ2) is 6.37. The van der Waals surface area contributed by atoms with E-state index in [1.54, 1.807) is 0 Å². The summed E-state index contributed by atoms with van der Waals surface area (Å²) >= 11 is 0. The minimum absolute atomic E-state index is 0.199. The van der Waals surface area contributed by atoms with Gasteiger partial charge in [-0.2, -0.15) is 0 Å². The normalized spacial score (nSPS) is 19.1. The van der Waals surface area contributed by atoms with E-state index < -0.39 is 23.6 Å². The van der Waals surface area contributed by atoms with Crippen LogP contribution in [-0.4, -0.2) is 54.9 Å². The van der Waals surface area contributed by atoms with E-state index in [9.17, 15) is 19.5 Å². The Morgan fingerprint density at radius 2 is 1.84 bits per heavy atom. The topological polar surface area (TPSA) is 117 Å². The van der Waals surface area contributed by atoms with Gasteiger partial charge in [-0.15, -0.1) is 0 Å². The van der Waals surface area contributed by atoms with E-state index in [0.717, 1.165) is 0 Å².